The van der Waals surface area contributed by atoms with E-state index in [9.17, 15) is 14.4 Å². The van der Waals surface area contributed by atoms with E-state index in [0.29, 0.717) is 6.54 Å². The van der Waals surface area contributed by atoms with Crippen molar-refractivity contribution in [1.29, 1.82) is 0 Å². The summed E-state index contributed by atoms with van der Waals surface area (Å²) in [6.45, 7) is 1.61. The third kappa shape index (κ3) is 3.84. The van der Waals surface area contributed by atoms with Crippen LogP contribution >= 0.6 is 12.2 Å². The van der Waals surface area contributed by atoms with Crippen molar-refractivity contribution in [2.75, 3.05) is 7.05 Å². The zero-order chi connectivity index (χ0) is 17.0. The summed E-state index contributed by atoms with van der Waals surface area (Å²) in [4.78, 5) is 37.1. The van der Waals surface area contributed by atoms with Crippen molar-refractivity contribution in [1.82, 2.24) is 20.7 Å². The molecule has 1 aliphatic rings. The van der Waals surface area contributed by atoms with Crippen molar-refractivity contribution < 1.29 is 14.4 Å². The highest BCUT2D eigenvalue weighted by Crippen LogP contribution is 2.21. The van der Waals surface area contributed by atoms with Crippen LogP contribution in [0.25, 0.3) is 0 Å². The van der Waals surface area contributed by atoms with Gasteiger partial charge in [-0.25, -0.2) is 5.01 Å². The molecule has 0 bridgehead atoms. The van der Waals surface area contributed by atoms with E-state index < -0.39 is 6.04 Å². The standard InChI is InChI=1S/C15H18N4O3S/c1-10(20)17-19-12(8-13(21)16-2)14(22)18(15(19)23)9-11-6-4-3-5-7-11/h3-7,12H,8-9H2,1-2H3,(H,16,21)(H,17,20). The van der Waals surface area contributed by atoms with Crippen molar-refractivity contribution in [3.8, 4) is 0 Å². The number of amides is 3. The lowest BCUT2D eigenvalue weighted by molar-refractivity contribution is -0.133. The number of thiocarbonyl (C=S) groups is 1. The highest BCUT2D eigenvalue weighted by Gasteiger charge is 2.44. The number of hydrogen-bond acceptors (Lipinski definition) is 4. The van der Waals surface area contributed by atoms with Crippen LogP contribution in [0.1, 0.15) is 18.9 Å². The summed E-state index contributed by atoms with van der Waals surface area (Å²) in [6, 6.07) is 8.54. The largest absolute Gasteiger partial charge is 0.359 e. The molecule has 1 fully saturated rings. The van der Waals surface area contributed by atoms with Gasteiger partial charge in [-0.2, -0.15) is 0 Å². The van der Waals surface area contributed by atoms with Gasteiger partial charge in [-0.05, 0) is 17.8 Å². The van der Waals surface area contributed by atoms with E-state index in [4.69, 9.17) is 12.2 Å². The molecule has 23 heavy (non-hydrogen) atoms. The second-order valence-corrected chi connectivity index (χ2v) is 5.49. The second-order valence-electron chi connectivity index (χ2n) is 5.12. The maximum absolute atomic E-state index is 12.6. The van der Waals surface area contributed by atoms with E-state index in [1.165, 1.54) is 23.9 Å². The van der Waals surface area contributed by atoms with Crippen LogP contribution in [-0.2, 0) is 20.9 Å². The highest BCUT2D eigenvalue weighted by atomic mass is 32.1. The zero-order valence-corrected chi connectivity index (χ0v) is 13.7. The molecular weight excluding hydrogens is 316 g/mol. The van der Waals surface area contributed by atoms with Gasteiger partial charge in [0.15, 0.2) is 5.11 Å². The maximum Gasteiger partial charge on any atom is 0.254 e. The second kappa shape index (κ2) is 7.19. The van der Waals surface area contributed by atoms with Gasteiger partial charge in [0, 0.05) is 14.0 Å². The van der Waals surface area contributed by atoms with Gasteiger partial charge < -0.3 is 5.32 Å². The first-order valence-electron chi connectivity index (χ1n) is 7.10. The number of rotatable bonds is 5. The van der Waals surface area contributed by atoms with Crippen molar-refractivity contribution in [3.63, 3.8) is 0 Å². The third-order valence-electron chi connectivity index (χ3n) is 3.42. The van der Waals surface area contributed by atoms with Gasteiger partial charge in [0.05, 0.1) is 13.0 Å². The van der Waals surface area contributed by atoms with E-state index in [1.807, 2.05) is 30.3 Å². The SMILES string of the molecule is CNC(=O)CC1C(=O)N(Cc2ccccc2)C(=S)N1NC(C)=O. The number of nitrogens with zero attached hydrogens (tertiary/aromatic N) is 2. The normalized spacial score (nSPS) is 17.4. The highest BCUT2D eigenvalue weighted by molar-refractivity contribution is 7.80. The minimum atomic E-state index is -0.838. The summed E-state index contributed by atoms with van der Waals surface area (Å²) in [7, 11) is 1.49. The van der Waals surface area contributed by atoms with Gasteiger partial charge in [-0.1, -0.05) is 30.3 Å². The number of carbonyl (C=O) groups is 3. The fourth-order valence-electron chi connectivity index (χ4n) is 2.31. The molecular formula is C15H18N4O3S. The Hall–Kier alpha value is -2.48. The van der Waals surface area contributed by atoms with Crippen LogP contribution in [0.4, 0.5) is 0 Å². The number of hydrazine groups is 1. The molecule has 1 aromatic rings. The molecule has 8 heteroatoms. The van der Waals surface area contributed by atoms with Crippen molar-refractivity contribution in [2.45, 2.75) is 25.9 Å². The van der Waals surface area contributed by atoms with Gasteiger partial charge in [0.25, 0.3) is 5.91 Å². The molecule has 0 radical (unpaired) electrons. The van der Waals surface area contributed by atoms with Gasteiger partial charge in [0.1, 0.15) is 6.04 Å². The Labute approximate surface area is 139 Å². The summed E-state index contributed by atoms with van der Waals surface area (Å²) in [5, 5.41) is 3.95. The molecule has 122 valence electrons. The molecule has 1 heterocycles. The monoisotopic (exact) mass is 334 g/mol. The number of benzene rings is 1. The van der Waals surface area contributed by atoms with E-state index >= 15 is 0 Å². The van der Waals surface area contributed by atoms with Gasteiger partial charge in [-0.15, -0.1) is 0 Å². The summed E-state index contributed by atoms with van der Waals surface area (Å²) in [5.41, 5.74) is 3.44. The topological polar surface area (TPSA) is 81.8 Å². The Balaban J connectivity index is 2.23. The van der Waals surface area contributed by atoms with Gasteiger partial charge in [0.2, 0.25) is 11.8 Å². The molecule has 0 aromatic heterocycles. The molecule has 3 amide bonds. The van der Waals surface area contributed by atoms with Crippen molar-refractivity contribution in [2.24, 2.45) is 0 Å². The molecule has 7 nitrogen and oxygen atoms in total. The Morgan fingerprint density at radius 2 is 1.91 bits per heavy atom. The number of nitrogens with one attached hydrogen (secondary N) is 2. The van der Waals surface area contributed by atoms with Crippen LogP contribution in [0.15, 0.2) is 30.3 Å². The first kappa shape index (κ1) is 16.9. The van der Waals surface area contributed by atoms with Gasteiger partial charge >= 0.3 is 0 Å². The number of hydrogen-bond donors (Lipinski definition) is 2. The lowest BCUT2D eigenvalue weighted by Crippen LogP contribution is -2.49. The van der Waals surface area contributed by atoms with Crippen molar-refractivity contribution >= 4 is 35.1 Å². The average molecular weight is 334 g/mol. The molecule has 2 N–H and O–H groups in total. The summed E-state index contributed by atoms with van der Waals surface area (Å²) in [5.74, 6) is -0.970. The first-order chi connectivity index (χ1) is 10.9. The lowest BCUT2D eigenvalue weighted by Gasteiger charge is -2.23. The molecule has 0 aliphatic carbocycles. The molecule has 1 saturated heterocycles. The molecule has 1 unspecified atom stereocenters. The van der Waals surface area contributed by atoms with E-state index in [-0.39, 0.29) is 29.3 Å². The minimum Gasteiger partial charge on any atom is -0.359 e. The van der Waals surface area contributed by atoms with Crippen LogP contribution in [0.5, 0.6) is 0 Å². The minimum absolute atomic E-state index is 0.0823. The van der Waals surface area contributed by atoms with E-state index in [0.717, 1.165) is 5.56 Å². The van der Waals surface area contributed by atoms with E-state index in [1.54, 1.807) is 0 Å². The lowest BCUT2D eigenvalue weighted by atomic mass is 10.1. The first-order valence-corrected chi connectivity index (χ1v) is 7.51. The third-order valence-corrected chi connectivity index (χ3v) is 3.84. The molecule has 2 rings (SSSR count). The average Bonchev–Trinajstić information content (AvgIpc) is 2.73. The van der Waals surface area contributed by atoms with Gasteiger partial charge in [-0.3, -0.25) is 24.7 Å². The van der Waals surface area contributed by atoms with Crippen molar-refractivity contribution in [3.05, 3.63) is 35.9 Å². The Morgan fingerprint density at radius 1 is 1.26 bits per heavy atom. The molecule has 1 atom stereocenters. The molecule has 0 spiro atoms. The fraction of sp³-hybridized carbons (Fsp3) is 0.333. The molecule has 1 aromatic carbocycles. The predicted octanol–water partition coefficient (Wildman–Crippen LogP) is 0.171. The maximum atomic E-state index is 12.6. The molecule has 0 saturated carbocycles. The number of carbonyl (C=O) groups excluding carboxylic acids is 3. The summed E-state index contributed by atoms with van der Waals surface area (Å²) < 4.78 is 0. The fourth-order valence-corrected chi connectivity index (χ4v) is 2.64. The van der Waals surface area contributed by atoms with Crippen LogP contribution in [-0.4, -0.2) is 45.8 Å². The molecule has 1 aliphatic heterocycles. The zero-order valence-electron chi connectivity index (χ0n) is 12.9. The summed E-state index contributed by atoms with van der Waals surface area (Å²) >= 11 is 5.31. The Bertz CT molecular complexity index is 635. The Morgan fingerprint density at radius 3 is 2.48 bits per heavy atom. The quantitative estimate of drug-likeness (QED) is 0.751. The smallest absolute Gasteiger partial charge is 0.254 e. The van der Waals surface area contributed by atoms with Crippen LogP contribution in [0.2, 0.25) is 0 Å². The van der Waals surface area contributed by atoms with Crippen LogP contribution in [0.3, 0.4) is 0 Å². The van der Waals surface area contributed by atoms with Crippen LogP contribution < -0.4 is 10.7 Å². The van der Waals surface area contributed by atoms with E-state index in [2.05, 4.69) is 10.7 Å². The Kier molecular flexibility index (Phi) is 5.28. The van der Waals surface area contributed by atoms with Crippen LogP contribution in [0, 0.1) is 0 Å². The summed E-state index contributed by atoms with van der Waals surface area (Å²) in [6.07, 6.45) is -0.0823. The predicted molar refractivity (Wildman–Crippen MR) is 87.7 cm³/mol.